The molecule has 2 bridgehead atoms. The highest BCUT2D eigenvalue weighted by atomic mass is 14.9. The molecule has 0 radical (unpaired) electrons. The lowest BCUT2D eigenvalue weighted by Gasteiger charge is -2.20. The number of fused-ring (bicyclic) bond motifs is 6. The Morgan fingerprint density at radius 3 is 2.67 bits per heavy atom. The van der Waals surface area contributed by atoms with Gasteiger partial charge in [0.2, 0.25) is 0 Å². The summed E-state index contributed by atoms with van der Waals surface area (Å²) >= 11 is 0. The van der Waals surface area contributed by atoms with Gasteiger partial charge in [-0.25, -0.2) is 0 Å². The summed E-state index contributed by atoms with van der Waals surface area (Å²) in [5.41, 5.74) is 2.49. The summed E-state index contributed by atoms with van der Waals surface area (Å²) in [6.45, 7) is 0. The molecular formula is C19H22N2. The van der Waals surface area contributed by atoms with Crippen LogP contribution in [0.25, 0.3) is 10.9 Å². The third-order valence-electron chi connectivity index (χ3n) is 6.46. The minimum absolute atomic E-state index is 0.500. The SMILES string of the molecule is CNC(c1cnc2ccccc2c1)C1C2C3CCC(C3)C21. The number of nitrogens with one attached hydrogen (secondary N) is 1. The third-order valence-corrected chi connectivity index (χ3v) is 6.46. The van der Waals surface area contributed by atoms with Crippen molar-refractivity contribution in [2.24, 2.45) is 29.6 Å². The molecule has 0 amide bonds. The zero-order valence-electron chi connectivity index (χ0n) is 12.5. The van der Waals surface area contributed by atoms with Crippen LogP contribution in [-0.2, 0) is 0 Å². The Morgan fingerprint density at radius 2 is 1.90 bits per heavy atom. The summed E-state index contributed by atoms with van der Waals surface area (Å²) in [7, 11) is 2.12. The van der Waals surface area contributed by atoms with Crippen molar-refractivity contribution in [3.63, 3.8) is 0 Å². The second-order valence-electron chi connectivity index (χ2n) is 7.29. The Kier molecular flexibility index (Phi) is 2.49. The van der Waals surface area contributed by atoms with Crippen LogP contribution in [0.4, 0.5) is 0 Å². The van der Waals surface area contributed by atoms with E-state index in [1.165, 1.54) is 30.2 Å². The maximum Gasteiger partial charge on any atom is 0.0702 e. The summed E-state index contributed by atoms with van der Waals surface area (Å²) < 4.78 is 0. The molecular weight excluding hydrogens is 256 g/mol. The van der Waals surface area contributed by atoms with Gasteiger partial charge in [-0.1, -0.05) is 18.2 Å². The van der Waals surface area contributed by atoms with E-state index in [9.17, 15) is 0 Å². The van der Waals surface area contributed by atoms with E-state index in [-0.39, 0.29) is 0 Å². The molecule has 1 aromatic heterocycles. The monoisotopic (exact) mass is 278 g/mol. The van der Waals surface area contributed by atoms with Crippen LogP contribution in [0.3, 0.4) is 0 Å². The highest BCUT2D eigenvalue weighted by Crippen LogP contribution is 2.72. The fraction of sp³-hybridized carbons (Fsp3) is 0.526. The van der Waals surface area contributed by atoms with Gasteiger partial charge in [0.1, 0.15) is 0 Å². The van der Waals surface area contributed by atoms with E-state index in [1.54, 1.807) is 0 Å². The first-order chi connectivity index (χ1) is 10.4. The predicted molar refractivity (Wildman–Crippen MR) is 84.8 cm³/mol. The highest BCUT2D eigenvalue weighted by Gasteiger charge is 2.66. The molecule has 5 unspecified atom stereocenters. The van der Waals surface area contributed by atoms with Crippen LogP contribution < -0.4 is 5.32 Å². The van der Waals surface area contributed by atoms with Crippen molar-refractivity contribution in [3.05, 3.63) is 42.1 Å². The van der Waals surface area contributed by atoms with Gasteiger partial charge in [0.25, 0.3) is 0 Å². The Labute approximate surface area is 126 Å². The molecule has 3 aliphatic rings. The lowest BCUT2D eigenvalue weighted by Crippen LogP contribution is -2.22. The molecule has 2 heteroatoms. The van der Waals surface area contributed by atoms with Gasteiger partial charge in [-0.05, 0) is 73.6 Å². The zero-order valence-corrected chi connectivity index (χ0v) is 12.5. The van der Waals surface area contributed by atoms with Crippen LogP contribution in [0.15, 0.2) is 36.5 Å². The van der Waals surface area contributed by atoms with Crippen molar-refractivity contribution in [3.8, 4) is 0 Å². The van der Waals surface area contributed by atoms with Crippen LogP contribution in [0, 0.1) is 29.6 Å². The summed E-state index contributed by atoms with van der Waals surface area (Å²) in [5.74, 6) is 4.95. The van der Waals surface area contributed by atoms with Crippen LogP contribution in [0.1, 0.15) is 30.9 Å². The molecule has 1 aromatic carbocycles. The van der Waals surface area contributed by atoms with Crippen molar-refractivity contribution >= 4 is 10.9 Å². The Balaban J connectivity index is 1.49. The van der Waals surface area contributed by atoms with Crippen LogP contribution >= 0.6 is 0 Å². The van der Waals surface area contributed by atoms with Gasteiger partial charge in [0, 0.05) is 17.6 Å². The first-order valence-electron chi connectivity index (χ1n) is 8.39. The van der Waals surface area contributed by atoms with E-state index in [0.717, 1.165) is 35.1 Å². The molecule has 0 saturated heterocycles. The van der Waals surface area contributed by atoms with Gasteiger partial charge in [-0.3, -0.25) is 4.98 Å². The van der Waals surface area contributed by atoms with Crippen molar-refractivity contribution in [1.82, 2.24) is 10.3 Å². The Morgan fingerprint density at radius 1 is 1.14 bits per heavy atom. The maximum atomic E-state index is 4.67. The second kappa shape index (κ2) is 4.30. The van der Waals surface area contributed by atoms with E-state index < -0.39 is 0 Å². The molecule has 0 aliphatic heterocycles. The first kappa shape index (κ1) is 12.2. The number of para-hydroxylation sites is 1. The molecule has 2 nitrogen and oxygen atoms in total. The van der Waals surface area contributed by atoms with Gasteiger partial charge in [-0.2, -0.15) is 0 Å². The van der Waals surface area contributed by atoms with E-state index in [1.807, 2.05) is 0 Å². The molecule has 0 spiro atoms. The minimum atomic E-state index is 0.500. The minimum Gasteiger partial charge on any atom is -0.313 e. The van der Waals surface area contributed by atoms with Crippen molar-refractivity contribution < 1.29 is 0 Å². The molecule has 5 atom stereocenters. The molecule has 5 rings (SSSR count). The average Bonchev–Trinajstić information content (AvgIpc) is 2.94. The largest absolute Gasteiger partial charge is 0.313 e. The summed E-state index contributed by atoms with van der Waals surface area (Å²) in [6.07, 6.45) is 6.61. The smallest absolute Gasteiger partial charge is 0.0702 e. The topological polar surface area (TPSA) is 24.9 Å². The van der Waals surface area contributed by atoms with Gasteiger partial charge >= 0.3 is 0 Å². The molecule has 1 N–H and O–H groups in total. The molecule has 3 fully saturated rings. The molecule has 21 heavy (non-hydrogen) atoms. The molecule has 2 aromatic rings. The normalized spacial score (nSPS) is 37.7. The average molecular weight is 278 g/mol. The predicted octanol–water partition coefficient (Wildman–Crippen LogP) is 3.79. The lowest BCUT2D eigenvalue weighted by atomic mass is 9.93. The van der Waals surface area contributed by atoms with Crippen LogP contribution in [-0.4, -0.2) is 12.0 Å². The number of hydrogen-bond donors (Lipinski definition) is 1. The fourth-order valence-corrected chi connectivity index (χ4v) is 5.68. The van der Waals surface area contributed by atoms with Crippen LogP contribution in [0.5, 0.6) is 0 Å². The van der Waals surface area contributed by atoms with E-state index in [4.69, 9.17) is 0 Å². The number of rotatable bonds is 3. The van der Waals surface area contributed by atoms with Gasteiger partial charge in [0.05, 0.1) is 5.52 Å². The van der Waals surface area contributed by atoms with Crippen molar-refractivity contribution in [2.45, 2.75) is 25.3 Å². The van der Waals surface area contributed by atoms with E-state index in [0.29, 0.717) is 6.04 Å². The van der Waals surface area contributed by atoms with Gasteiger partial charge in [-0.15, -0.1) is 0 Å². The number of hydrogen-bond acceptors (Lipinski definition) is 2. The molecule has 1 heterocycles. The number of aromatic nitrogens is 1. The maximum absolute atomic E-state index is 4.67. The highest BCUT2D eigenvalue weighted by molar-refractivity contribution is 5.78. The molecule has 108 valence electrons. The third kappa shape index (κ3) is 1.66. The quantitative estimate of drug-likeness (QED) is 0.924. The van der Waals surface area contributed by atoms with E-state index >= 15 is 0 Å². The fourth-order valence-electron chi connectivity index (χ4n) is 5.68. The number of nitrogens with zero attached hydrogens (tertiary/aromatic N) is 1. The second-order valence-corrected chi connectivity index (χ2v) is 7.29. The Bertz CT molecular complexity index is 679. The van der Waals surface area contributed by atoms with Crippen molar-refractivity contribution in [1.29, 1.82) is 0 Å². The first-order valence-corrected chi connectivity index (χ1v) is 8.39. The lowest BCUT2D eigenvalue weighted by molar-refractivity contribution is 0.385. The number of benzene rings is 1. The van der Waals surface area contributed by atoms with Gasteiger partial charge in [0.15, 0.2) is 0 Å². The number of pyridine rings is 1. The Hall–Kier alpha value is -1.41. The standard InChI is InChI=1S/C19H22N2/c1-20-19(18-16-12-6-7-13(9-12)17(16)18)14-8-11-4-2-3-5-15(11)21-10-14/h2-5,8,10,12-13,16-20H,6-7,9H2,1H3. The zero-order chi connectivity index (χ0) is 14.0. The van der Waals surface area contributed by atoms with Crippen LogP contribution in [0.2, 0.25) is 0 Å². The summed E-state index contributed by atoms with van der Waals surface area (Å²) in [5, 5.41) is 4.87. The van der Waals surface area contributed by atoms with E-state index in [2.05, 4.69) is 53.9 Å². The van der Waals surface area contributed by atoms with Gasteiger partial charge < -0.3 is 5.32 Å². The summed E-state index contributed by atoms with van der Waals surface area (Å²) in [6, 6.07) is 11.3. The van der Waals surface area contributed by atoms with Crippen molar-refractivity contribution in [2.75, 3.05) is 7.05 Å². The summed E-state index contributed by atoms with van der Waals surface area (Å²) in [4.78, 5) is 4.67. The molecule has 3 aliphatic carbocycles. The molecule has 3 saturated carbocycles.